The zero-order chi connectivity index (χ0) is 15.5. The smallest absolute Gasteiger partial charge is 0.157 e. The van der Waals surface area contributed by atoms with Crippen LogP contribution in [0.15, 0.2) is 24.7 Å². The Morgan fingerprint density at radius 3 is 2.91 bits per heavy atom. The molecule has 116 valence electrons. The lowest BCUT2D eigenvalue weighted by molar-refractivity contribution is 0.591. The monoisotopic (exact) mass is 299 g/mol. The molecule has 0 fully saturated rings. The number of aromatic nitrogens is 6. The molecule has 0 unspecified atom stereocenters. The quantitative estimate of drug-likeness (QED) is 0.757. The van der Waals surface area contributed by atoms with E-state index in [0.717, 1.165) is 42.4 Å². The van der Waals surface area contributed by atoms with Gasteiger partial charge in [0.25, 0.3) is 0 Å². The fourth-order valence-electron chi connectivity index (χ4n) is 2.59. The summed E-state index contributed by atoms with van der Waals surface area (Å²) in [5, 5.41) is 12.1. The molecule has 0 amide bonds. The van der Waals surface area contributed by atoms with Gasteiger partial charge in [0.2, 0.25) is 0 Å². The van der Waals surface area contributed by atoms with E-state index < -0.39 is 0 Å². The highest BCUT2D eigenvalue weighted by atomic mass is 15.4. The number of hydrogen-bond donors (Lipinski definition) is 1. The van der Waals surface area contributed by atoms with E-state index in [-0.39, 0.29) is 6.04 Å². The number of anilines is 1. The summed E-state index contributed by atoms with van der Waals surface area (Å²) in [5.74, 6) is 1.84. The van der Waals surface area contributed by atoms with Crippen LogP contribution >= 0.6 is 0 Å². The second kappa shape index (κ2) is 6.13. The van der Waals surface area contributed by atoms with Crippen molar-refractivity contribution in [3.05, 3.63) is 36.2 Å². The van der Waals surface area contributed by atoms with Gasteiger partial charge in [0, 0.05) is 24.4 Å². The third kappa shape index (κ3) is 2.66. The van der Waals surface area contributed by atoms with E-state index in [4.69, 9.17) is 0 Å². The van der Waals surface area contributed by atoms with Crippen molar-refractivity contribution in [1.82, 2.24) is 29.4 Å². The second-order valence-corrected chi connectivity index (χ2v) is 5.28. The van der Waals surface area contributed by atoms with Crippen LogP contribution in [-0.2, 0) is 13.0 Å². The summed E-state index contributed by atoms with van der Waals surface area (Å²) >= 11 is 0. The van der Waals surface area contributed by atoms with E-state index in [1.165, 1.54) is 0 Å². The Balaban J connectivity index is 1.93. The summed E-state index contributed by atoms with van der Waals surface area (Å²) < 4.78 is 3.72. The number of hydrogen-bond acceptors (Lipinski definition) is 5. The van der Waals surface area contributed by atoms with E-state index in [0.29, 0.717) is 0 Å². The Kier molecular flexibility index (Phi) is 4.04. The molecular formula is C15H21N7. The summed E-state index contributed by atoms with van der Waals surface area (Å²) in [5.41, 5.74) is 1.93. The Morgan fingerprint density at radius 2 is 2.14 bits per heavy atom. The topological polar surface area (TPSA) is 72.9 Å². The van der Waals surface area contributed by atoms with Gasteiger partial charge in [-0.15, -0.1) is 0 Å². The predicted octanol–water partition coefficient (Wildman–Crippen LogP) is 2.47. The minimum Gasteiger partial charge on any atom is -0.360 e. The molecule has 3 rings (SSSR count). The van der Waals surface area contributed by atoms with Crippen LogP contribution in [0.2, 0.25) is 0 Å². The maximum Gasteiger partial charge on any atom is 0.157 e. The van der Waals surface area contributed by atoms with Crippen molar-refractivity contribution in [2.24, 2.45) is 0 Å². The lowest BCUT2D eigenvalue weighted by atomic mass is 10.2. The van der Waals surface area contributed by atoms with Crippen LogP contribution in [-0.4, -0.2) is 29.4 Å². The van der Waals surface area contributed by atoms with Crippen molar-refractivity contribution in [3.8, 4) is 0 Å². The molecule has 3 aromatic rings. The third-order valence-corrected chi connectivity index (χ3v) is 3.62. The molecule has 1 atom stereocenters. The second-order valence-electron chi connectivity index (χ2n) is 5.28. The molecule has 0 aromatic carbocycles. The predicted molar refractivity (Wildman–Crippen MR) is 84.7 cm³/mol. The van der Waals surface area contributed by atoms with Gasteiger partial charge in [-0.2, -0.15) is 14.7 Å². The van der Waals surface area contributed by atoms with E-state index in [1.807, 2.05) is 15.3 Å². The minimum absolute atomic E-state index is 0.0340. The van der Waals surface area contributed by atoms with Gasteiger partial charge in [0.1, 0.15) is 18.0 Å². The van der Waals surface area contributed by atoms with Crippen molar-refractivity contribution in [2.45, 2.75) is 46.2 Å². The van der Waals surface area contributed by atoms with E-state index in [9.17, 15) is 0 Å². The van der Waals surface area contributed by atoms with Crippen molar-refractivity contribution in [1.29, 1.82) is 0 Å². The van der Waals surface area contributed by atoms with Crippen LogP contribution < -0.4 is 5.32 Å². The number of nitrogens with zero attached hydrogens (tertiary/aromatic N) is 6. The van der Waals surface area contributed by atoms with Crippen LogP contribution in [0.5, 0.6) is 0 Å². The average molecular weight is 299 g/mol. The summed E-state index contributed by atoms with van der Waals surface area (Å²) in [7, 11) is 0. The summed E-state index contributed by atoms with van der Waals surface area (Å²) in [4.78, 5) is 8.97. The van der Waals surface area contributed by atoms with Crippen molar-refractivity contribution in [2.75, 3.05) is 5.32 Å². The van der Waals surface area contributed by atoms with Gasteiger partial charge in [-0.1, -0.05) is 13.3 Å². The van der Waals surface area contributed by atoms with E-state index in [2.05, 4.69) is 52.3 Å². The number of nitrogens with one attached hydrogen (secondary N) is 1. The number of fused-ring (bicyclic) bond motifs is 1. The van der Waals surface area contributed by atoms with Crippen molar-refractivity contribution in [3.63, 3.8) is 0 Å². The van der Waals surface area contributed by atoms with Crippen molar-refractivity contribution < 1.29 is 0 Å². The molecule has 1 N–H and O–H groups in total. The molecule has 0 saturated carbocycles. The standard InChI is InChI=1S/C15H21N7/c1-4-6-12-9-14(22-13(20-12)7-8-17-22)19-11(3)15-16-10-18-21(15)5-2/h7-11,19H,4-6H2,1-3H3/t11-/m1/s1. The van der Waals surface area contributed by atoms with Gasteiger partial charge in [-0.3, -0.25) is 0 Å². The molecule has 3 aromatic heterocycles. The summed E-state index contributed by atoms with van der Waals surface area (Å²) in [6.45, 7) is 7.09. The maximum atomic E-state index is 4.62. The zero-order valence-electron chi connectivity index (χ0n) is 13.2. The molecule has 7 heteroatoms. The zero-order valence-corrected chi connectivity index (χ0v) is 13.2. The first kappa shape index (κ1) is 14.5. The summed E-state index contributed by atoms with van der Waals surface area (Å²) in [6.07, 6.45) is 5.38. The van der Waals surface area contributed by atoms with Gasteiger partial charge in [-0.05, 0) is 20.3 Å². The minimum atomic E-state index is 0.0340. The molecule has 0 radical (unpaired) electrons. The van der Waals surface area contributed by atoms with Crippen LogP contribution in [0.1, 0.15) is 44.8 Å². The van der Waals surface area contributed by atoms with Gasteiger partial charge in [0.15, 0.2) is 5.65 Å². The molecule has 0 aliphatic rings. The molecule has 22 heavy (non-hydrogen) atoms. The van der Waals surface area contributed by atoms with Gasteiger partial charge >= 0.3 is 0 Å². The normalized spacial score (nSPS) is 12.7. The molecule has 3 heterocycles. The maximum absolute atomic E-state index is 4.62. The molecule has 0 aliphatic heterocycles. The highest BCUT2D eigenvalue weighted by Gasteiger charge is 2.15. The fraction of sp³-hybridized carbons (Fsp3) is 0.467. The molecule has 0 aliphatic carbocycles. The molecule has 0 bridgehead atoms. The van der Waals surface area contributed by atoms with Crippen molar-refractivity contribution >= 4 is 11.5 Å². The first-order valence-corrected chi connectivity index (χ1v) is 7.70. The van der Waals surface area contributed by atoms with Crippen LogP contribution in [0, 0.1) is 0 Å². The third-order valence-electron chi connectivity index (χ3n) is 3.62. The molecule has 0 spiro atoms. The highest BCUT2D eigenvalue weighted by Crippen LogP contribution is 2.19. The Bertz CT molecular complexity index is 758. The van der Waals surface area contributed by atoms with Crippen LogP contribution in [0.25, 0.3) is 5.65 Å². The highest BCUT2D eigenvalue weighted by molar-refractivity contribution is 5.49. The molecule has 0 saturated heterocycles. The summed E-state index contributed by atoms with van der Waals surface area (Å²) in [6, 6.07) is 4.02. The average Bonchev–Trinajstić information content (AvgIpc) is 3.16. The Labute approximate surface area is 129 Å². The lowest BCUT2D eigenvalue weighted by Gasteiger charge is -2.16. The SMILES string of the molecule is CCCc1cc(N[C@H](C)c2ncnn2CC)n2nccc2n1. The van der Waals surface area contributed by atoms with Gasteiger partial charge < -0.3 is 5.32 Å². The fourth-order valence-corrected chi connectivity index (χ4v) is 2.59. The van der Waals surface area contributed by atoms with Gasteiger partial charge in [0.05, 0.1) is 12.2 Å². The Morgan fingerprint density at radius 1 is 1.27 bits per heavy atom. The first-order chi connectivity index (χ1) is 10.7. The largest absolute Gasteiger partial charge is 0.360 e. The number of rotatable bonds is 6. The van der Waals surface area contributed by atoms with Gasteiger partial charge in [-0.25, -0.2) is 14.6 Å². The molecular weight excluding hydrogens is 278 g/mol. The van der Waals surface area contributed by atoms with E-state index >= 15 is 0 Å². The molecule has 7 nitrogen and oxygen atoms in total. The number of aryl methyl sites for hydroxylation is 2. The Hall–Kier alpha value is -2.44. The van der Waals surface area contributed by atoms with Crippen LogP contribution in [0.3, 0.4) is 0 Å². The lowest BCUT2D eigenvalue weighted by Crippen LogP contribution is -2.16. The van der Waals surface area contributed by atoms with Crippen LogP contribution in [0.4, 0.5) is 5.82 Å². The first-order valence-electron chi connectivity index (χ1n) is 7.70. The van der Waals surface area contributed by atoms with E-state index in [1.54, 1.807) is 12.5 Å².